The van der Waals surface area contributed by atoms with Crippen molar-refractivity contribution in [3.8, 4) is 0 Å². The first-order chi connectivity index (χ1) is 6.15. The summed E-state index contributed by atoms with van der Waals surface area (Å²) in [7, 11) is 0. The average Bonchev–Trinajstić information content (AvgIpc) is 2.03. The van der Waals surface area contributed by atoms with E-state index in [9.17, 15) is 0 Å². The third-order valence-electron chi connectivity index (χ3n) is 1.71. The van der Waals surface area contributed by atoms with E-state index in [2.05, 4.69) is 38.7 Å². The van der Waals surface area contributed by atoms with Crippen molar-refractivity contribution in [1.82, 2.24) is 0 Å². The first kappa shape index (κ1) is 16.3. The molecular formula is C9H21NS2Zn. The maximum atomic E-state index is 4.71. The van der Waals surface area contributed by atoms with Crippen molar-refractivity contribution in [2.75, 3.05) is 0 Å². The standard InChI is InChI=1S/2C4H9.CH3NS2.Zn/c2*1-3-4-2;2-1(3)4;/h2*1,3-4H2,2H3;(H3,2,3,4);. The summed E-state index contributed by atoms with van der Waals surface area (Å²) in [4.78, 5) is 0. The van der Waals surface area contributed by atoms with E-state index in [-0.39, 0.29) is 21.4 Å². The molecule has 0 heterocycles. The van der Waals surface area contributed by atoms with Gasteiger partial charge < -0.3 is 5.73 Å². The van der Waals surface area contributed by atoms with E-state index in [1.54, 1.807) is 10.0 Å². The molecule has 0 aliphatic heterocycles. The Hall–Kier alpha value is 0.863. The first-order valence-electron chi connectivity index (χ1n) is 5.13. The van der Waals surface area contributed by atoms with Crippen molar-refractivity contribution in [3.63, 3.8) is 0 Å². The van der Waals surface area contributed by atoms with E-state index in [1.807, 2.05) is 0 Å². The molecule has 0 unspecified atom stereocenters. The molecule has 0 atom stereocenters. The molecule has 2 N–H and O–H groups in total. The molecular weight excluding hydrogens is 252 g/mol. The Morgan fingerprint density at radius 3 is 1.77 bits per heavy atom. The zero-order valence-electron chi connectivity index (χ0n) is 8.88. The van der Waals surface area contributed by atoms with Gasteiger partial charge in [0.2, 0.25) is 0 Å². The molecule has 0 radical (unpaired) electrons. The predicted molar refractivity (Wildman–Crippen MR) is 65.2 cm³/mol. The van der Waals surface area contributed by atoms with Gasteiger partial charge in [-0.1, -0.05) is 12.2 Å². The van der Waals surface area contributed by atoms with Gasteiger partial charge in [-0.15, -0.1) is 12.6 Å². The Balaban J connectivity index is 0. The van der Waals surface area contributed by atoms with Gasteiger partial charge in [0.1, 0.15) is 4.32 Å². The van der Waals surface area contributed by atoms with Crippen LogP contribution in [0.5, 0.6) is 0 Å². The predicted octanol–water partition coefficient (Wildman–Crippen LogP) is 3.67. The van der Waals surface area contributed by atoms with E-state index >= 15 is 0 Å². The van der Waals surface area contributed by atoms with Crippen LogP contribution in [0.2, 0.25) is 10.0 Å². The second-order valence-electron chi connectivity index (χ2n) is 3.11. The zero-order chi connectivity index (χ0) is 10.5. The summed E-state index contributed by atoms with van der Waals surface area (Å²) in [6.07, 6.45) is 5.86. The molecule has 0 fully saturated rings. The fraction of sp³-hybridized carbons (Fsp3) is 0.889. The number of hydrogen-bond donors (Lipinski definition) is 2. The number of thiocarbonyl (C=S) groups is 1. The second kappa shape index (κ2) is 15.3. The van der Waals surface area contributed by atoms with E-state index in [0.29, 0.717) is 0 Å². The number of unbranched alkanes of at least 4 members (excludes halogenated alkanes) is 2. The van der Waals surface area contributed by atoms with Crippen molar-refractivity contribution < 1.29 is 17.1 Å². The minimum absolute atomic E-state index is 0.0146. The summed E-state index contributed by atoms with van der Waals surface area (Å²) in [6.45, 7) is 4.59. The second-order valence-corrected chi connectivity index (χ2v) is 8.78. The molecule has 0 amide bonds. The van der Waals surface area contributed by atoms with Crippen LogP contribution in [0.25, 0.3) is 0 Å². The number of hydrogen-bond acceptors (Lipinski definition) is 1. The smallest absolute Gasteiger partial charge is 0.128 e. The van der Waals surface area contributed by atoms with Gasteiger partial charge in [-0.05, 0) is 0 Å². The Morgan fingerprint density at radius 2 is 1.54 bits per heavy atom. The third-order valence-corrected chi connectivity index (χ3v) is 5.90. The van der Waals surface area contributed by atoms with Crippen molar-refractivity contribution in [3.05, 3.63) is 0 Å². The van der Waals surface area contributed by atoms with Gasteiger partial charge in [0, 0.05) is 0 Å². The maximum absolute atomic E-state index is 4.71. The SMILES string of the molecule is CCC[CH2][Zn][CH2]CCC.NC(=S)S. The topological polar surface area (TPSA) is 26.0 Å². The molecule has 4 heteroatoms. The van der Waals surface area contributed by atoms with Gasteiger partial charge in [0.05, 0.1) is 0 Å². The van der Waals surface area contributed by atoms with Crippen LogP contribution in [0.4, 0.5) is 0 Å². The number of nitrogens with two attached hydrogens (primary N) is 1. The molecule has 0 saturated heterocycles. The van der Waals surface area contributed by atoms with Crippen molar-refractivity contribution >= 4 is 29.2 Å². The normalized spacial score (nSPS) is 8.23. The minimum Gasteiger partial charge on any atom is -0.385 e. The van der Waals surface area contributed by atoms with Crippen LogP contribution in [-0.4, -0.2) is 4.32 Å². The van der Waals surface area contributed by atoms with Crippen LogP contribution in [-0.2, 0) is 17.1 Å². The number of rotatable bonds is 6. The molecule has 1 nitrogen and oxygen atoms in total. The fourth-order valence-corrected chi connectivity index (χ4v) is 5.35. The summed E-state index contributed by atoms with van der Waals surface area (Å²) < 4.78 is 0.194. The van der Waals surface area contributed by atoms with Crippen LogP contribution in [0, 0.1) is 0 Å². The molecule has 0 saturated carbocycles. The molecule has 13 heavy (non-hydrogen) atoms. The summed E-state index contributed by atoms with van der Waals surface area (Å²) in [6, 6.07) is 0. The first-order valence-corrected chi connectivity index (χ1v) is 10.2. The van der Waals surface area contributed by atoms with Gasteiger partial charge in [0.25, 0.3) is 0 Å². The van der Waals surface area contributed by atoms with Crippen LogP contribution in [0.3, 0.4) is 0 Å². The van der Waals surface area contributed by atoms with E-state index in [1.165, 1.54) is 25.7 Å². The molecule has 76 valence electrons. The van der Waals surface area contributed by atoms with Crippen LogP contribution < -0.4 is 5.73 Å². The van der Waals surface area contributed by atoms with Crippen molar-refractivity contribution in [1.29, 1.82) is 0 Å². The van der Waals surface area contributed by atoms with Crippen molar-refractivity contribution in [2.45, 2.75) is 49.6 Å². The third kappa shape index (κ3) is 32.2. The summed E-state index contributed by atoms with van der Waals surface area (Å²) in [5.74, 6) is 0. The van der Waals surface area contributed by atoms with Crippen LogP contribution in [0.15, 0.2) is 0 Å². The zero-order valence-corrected chi connectivity index (χ0v) is 13.6. The minimum atomic E-state index is 0.0146. The van der Waals surface area contributed by atoms with Crippen LogP contribution in [0.1, 0.15) is 39.5 Å². The largest absolute Gasteiger partial charge is 0.385 e. The molecule has 0 aliphatic rings. The Morgan fingerprint density at radius 1 is 1.23 bits per heavy atom. The van der Waals surface area contributed by atoms with Gasteiger partial charge in [0.15, 0.2) is 0 Å². The Kier molecular flexibility index (Phi) is 19.2. The molecule has 0 aromatic rings. The van der Waals surface area contributed by atoms with Crippen LogP contribution >= 0.6 is 24.8 Å². The summed E-state index contributed by atoms with van der Waals surface area (Å²) in [5, 5.41) is 3.28. The van der Waals surface area contributed by atoms with E-state index in [0.717, 1.165) is 0 Å². The molecule has 0 bridgehead atoms. The molecule has 0 rings (SSSR count). The van der Waals surface area contributed by atoms with Gasteiger partial charge >= 0.3 is 66.7 Å². The van der Waals surface area contributed by atoms with Crippen molar-refractivity contribution in [2.24, 2.45) is 5.73 Å². The van der Waals surface area contributed by atoms with E-state index in [4.69, 9.17) is 5.73 Å². The molecule has 0 aromatic carbocycles. The molecule has 0 aromatic heterocycles. The fourth-order valence-electron chi connectivity index (χ4n) is 1.03. The molecule has 0 spiro atoms. The summed E-state index contributed by atoms with van der Waals surface area (Å²) in [5.41, 5.74) is 4.71. The molecule has 0 aliphatic carbocycles. The average molecular weight is 273 g/mol. The maximum Gasteiger partial charge on any atom is 0.128 e. The number of thiol groups is 1. The van der Waals surface area contributed by atoms with E-state index < -0.39 is 0 Å². The summed E-state index contributed by atoms with van der Waals surface area (Å²) >= 11 is 7.67. The van der Waals surface area contributed by atoms with Gasteiger partial charge in [-0.3, -0.25) is 0 Å². The Labute approximate surface area is 101 Å². The monoisotopic (exact) mass is 271 g/mol. The van der Waals surface area contributed by atoms with Gasteiger partial charge in [-0.2, -0.15) is 0 Å². The van der Waals surface area contributed by atoms with Gasteiger partial charge in [-0.25, -0.2) is 0 Å². The quantitative estimate of drug-likeness (QED) is 0.334. The Bertz CT molecular complexity index is 99.8.